The van der Waals surface area contributed by atoms with Crippen molar-refractivity contribution in [3.05, 3.63) is 64.2 Å². The normalized spacial score (nSPS) is 18.9. The van der Waals surface area contributed by atoms with Crippen LogP contribution in [0.5, 0.6) is 0 Å². The summed E-state index contributed by atoms with van der Waals surface area (Å²) in [5.41, 5.74) is 0.581. The molecule has 0 spiro atoms. The lowest BCUT2D eigenvalue weighted by Gasteiger charge is -2.34. The Labute approximate surface area is 191 Å². The number of piperazine rings is 1. The highest BCUT2D eigenvalue weighted by atomic mass is 32.2. The Bertz CT molecular complexity index is 1290. The number of non-ortho nitro benzene ring substituents is 1. The van der Waals surface area contributed by atoms with Gasteiger partial charge in [-0.25, -0.2) is 16.8 Å². The Morgan fingerprint density at radius 1 is 0.970 bits per heavy atom. The number of hydrogen-bond donors (Lipinski definition) is 0. The van der Waals surface area contributed by atoms with Gasteiger partial charge in [-0.2, -0.15) is 4.31 Å². The first kappa shape index (κ1) is 23.1. The maximum absolute atomic E-state index is 12.9. The first-order valence-electron chi connectivity index (χ1n) is 10.2. The molecule has 0 aromatic heterocycles. The van der Waals surface area contributed by atoms with E-state index in [1.54, 1.807) is 24.3 Å². The van der Waals surface area contributed by atoms with Crippen LogP contribution in [0.15, 0.2) is 53.4 Å². The van der Waals surface area contributed by atoms with Crippen LogP contribution in [0.2, 0.25) is 0 Å². The minimum Gasteiger partial charge on any atom is -0.336 e. The molecule has 0 radical (unpaired) electrons. The van der Waals surface area contributed by atoms with Crippen LogP contribution in [0.3, 0.4) is 0 Å². The van der Waals surface area contributed by atoms with Crippen LogP contribution < -0.4 is 4.31 Å². The SMILES string of the molecule is O=C(c1ccc(N2CCCS2(=O)=O)cc1)N1CCN(S(=O)(=O)c2cccc([N+](=O)[O-])c2)CC1. The van der Waals surface area contributed by atoms with Crippen molar-refractivity contribution in [2.45, 2.75) is 11.3 Å². The second-order valence-corrected chi connectivity index (χ2v) is 11.7. The van der Waals surface area contributed by atoms with Gasteiger partial charge in [0.25, 0.3) is 11.6 Å². The van der Waals surface area contributed by atoms with Crippen molar-refractivity contribution in [3.63, 3.8) is 0 Å². The van der Waals surface area contributed by atoms with E-state index in [2.05, 4.69) is 0 Å². The number of nitrogens with zero attached hydrogens (tertiary/aromatic N) is 4. The molecule has 0 bridgehead atoms. The standard InChI is InChI=1S/C20H22N4O7S2/c25-20(16-5-7-17(8-6-16)23-9-2-14-32(23,28)29)21-10-12-22(13-11-21)33(30,31)19-4-1-3-18(15-19)24(26)27/h1,3-8,15H,2,9-14H2. The van der Waals surface area contributed by atoms with E-state index in [0.29, 0.717) is 24.2 Å². The highest BCUT2D eigenvalue weighted by Crippen LogP contribution is 2.25. The zero-order chi connectivity index (χ0) is 23.8. The second kappa shape index (κ2) is 8.72. The van der Waals surface area contributed by atoms with Crippen molar-refractivity contribution in [1.82, 2.24) is 9.21 Å². The summed E-state index contributed by atoms with van der Waals surface area (Å²) in [7, 11) is -7.24. The molecule has 0 atom stereocenters. The lowest BCUT2D eigenvalue weighted by atomic mass is 10.1. The fraction of sp³-hybridized carbons (Fsp3) is 0.350. The minimum absolute atomic E-state index is 0.0564. The fourth-order valence-corrected chi connectivity index (χ4v) is 6.95. The fourth-order valence-electron chi connectivity index (χ4n) is 3.92. The molecule has 2 aromatic rings. The molecule has 11 nitrogen and oxygen atoms in total. The van der Waals surface area contributed by atoms with Crippen molar-refractivity contribution >= 4 is 37.3 Å². The van der Waals surface area contributed by atoms with Gasteiger partial charge < -0.3 is 4.90 Å². The van der Waals surface area contributed by atoms with E-state index >= 15 is 0 Å². The quantitative estimate of drug-likeness (QED) is 0.451. The van der Waals surface area contributed by atoms with Gasteiger partial charge >= 0.3 is 0 Å². The highest BCUT2D eigenvalue weighted by molar-refractivity contribution is 7.93. The lowest BCUT2D eigenvalue weighted by Crippen LogP contribution is -2.50. The number of anilines is 1. The van der Waals surface area contributed by atoms with E-state index < -0.39 is 25.0 Å². The van der Waals surface area contributed by atoms with Crippen molar-refractivity contribution in [2.24, 2.45) is 0 Å². The van der Waals surface area contributed by atoms with Crippen LogP contribution in [0, 0.1) is 10.1 Å². The van der Waals surface area contributed by atoms with Gasteiger partial charge in [0.15, 0.2) is 0 Å². The molecule has 1 amide bonds. The number of carbonyl (C=O) groups excluding carboxylic acids is 1. The summed E-state index contributed by atoms with van der Waals surface area (Å²) in [6.45, 7) is 0.850. The van der Waals surface area contributed by atoms with Crippen LogP contribution in [0.4, 0.5) is 11.4 Å². The largest absolute Gasteiger partial charge is 0.336 e. The van der Waals surface area contributed by atoms with E-state index in [1.165, 1.54) is 31.7 Å². The number of carbonyl (C=O) groups is 1. The van der Waals surface area contributed by atoms with Crippen molar-refractivity contribution in [1.29, 1.82) is 0 Å². The molecule has 176 valence electrons. The van der Waals surface area contributed by atoms with Gasteiger partial charge in [-0.1, -0.05) is 6.07 Å². The molecule has 2 aliphatic rings. The minimum atomic E-state index is -3.93. The molecule has 13 heteroatoms. The number of amides is 1. The Hall–Kier alpha value is -3.03. The molecule has 0 saturated carbocycles. The number of benzene rings is 2. The Kier molecular flexibility index (Phi) is 6.12. The summed E-state index contributed by atoms with van der Waals surface area (Å²) < 4.78 is 52.4. The van der Waals surface area contributed by atoms with Gasteiger partial charge in [0.2, 0.25) is 20.0 Å². The maximum Gasteiger partial charge on any atom is 0.270 e. The molecule has 33 heavy (non-hydrogen) atoms. The van der Waals surface area contributed by atoms with Crippen molar-refractivity contribution in [3.8, 4) is 0 Å². The average Bonchev–Trinajstić information content (AvgIpc) is 3.17. The Morgan fingerprint density at radius 2 is 1.64 bits per heavy atom. The molecule has 4 rings (SSSR count). The smallest absolute Gasteiger partial charge is 0.270 e. The highest BCUT2D eigenvalue weighted by Gasteiger charge is 2.32. The van der Waals surface area contributed by atoms with Crippen molar-refractivity contribution < 1.29 is 26.6 Å². The predicted molar refractivity (Wildman–Crippen MR) is 120 cm³/mol. The summed E-state index contributed by atoms with van der Waals surface area (Å²) in [4.78, 5) is 24.5. The van der Waals surface area contributed by atoms with E-state index in [1.807, 2.05) is 0 Å². The molecular weight excluding hydrogens is 472 g/mol. The number of nitro groups is 1. The zero-order valence-corrected chi connectivity index (χ0v) is 19.2. The van der Waals surface area contributed by atoms with Gasteiger partial charge in [-0.05, 0) is 36.8 Å². The number of nitro benzene ring substituents is 1. The molecule has 0 N–H and O–H groups in total. The summed E-state index contributed by atoms with van der Waals surface area (Å²) in [5, 5.41) is 11.0. The van der Waals surface area contributed by atoms with Gasteiger partial charge in [0.05, 0.1) is 21.3 Å². The van der Waals surface area contributed by atoms with Crippen LogP contribution >= 0.6 is 0 Å². The molecule has 2 saturated heterocycles. The van der Waals surface area contributed by atoms with E-state index in [4.69, 9.17) is 0 Å². The number of hydrogen-bond acceptors (Lipinski definition) is 7. The Morgan fingerprint density at radius 3 is 2.21 bits per heavy atom. The van der Waals surface area contributed by atoms with E-state index in [0.717, 1.165) is 6.07 Å². The molecular formula is C20H22N4O7S2. The monoisotopic (exact) mass is 494 g/mol. The molecule has 2 aliphatic heterocycles. The van der Waals surface area contributed by atoms with Crippen LogP contribution in [0.1, 0.15) is 16.8 Å². The maximum atomic E-state index is 12.9. The average molecular weight is 495 g/mol. The van der Waals surface area contributed by atoms with Gasteiger partial charge in [0.1, 0.15) is 0 Å². The third-order valence-electron chi connectivity index (χ3n) is 5.69. The summed E-state index contributed by atoms with van der Waals surface area (Å²) in [5.74, 6) is -0.171. The van der Waals surface area contributed by atoms with E-state index in [-0.39, 0.29) is 48.4 Å². The number of rotatable bonds is 5. The molecule has 2 fully saturated rings. The second-order valence-electron chi connectivity index (χ2n) is 7.74. The lowest BCUT2D eigenvalue weighted by molar-refractivity contribution is -0.385. The topological polar surface area (TPSA) is 138 Å². The van der Waals surface area contributed by atoms with Crippen LogP contribution in [-0.2, 0) is 20.0 Å². The summed E-state index contributed by atoms with van der Waals surface area (Å²) in [6, 6.07) is 11.2. The molecule has 2 aromatic carbocycles. The Balaban J connectivity index is 1.42. The van der Waals surface area contributed by atoms with Crippen LogP contribution in [-0.4, -0.2) is 75.3 Å². The van der Waals surface area contributed by atoms with Gasteiger partial charge in [-0.15, -0.1) is 0 Å². The van der Waals surface area contributed by atoms with Crippen LogP contribution in [0.25, 0.3) is 0 Å². The zero-order valence-electron chi connectivity index (χ0n) is 17.5. The molecule has 2 heterocycles. The third-order valence-corrected chi connectivity index (χ3v) is 9.46. The first-order chi connectivity index (χ1) is 15.6. The first-order valence-corrected chi connectivity index (χ1v) is 13.3. The van der Waals surface area contributed by atoms with E-state index in [9.17, 15) is 31.7 Å². The van der Waals surface area contributed by atoms with Gasteiger partial charge in [0, 0.05) is 50.4 Å². The molecule has 0 unspecified atom stereocenters. The summed E-state index contributed by atoms with van der Waals surface area (Å²) in [6.07, 6.45) is 0.562. The van der Waals surface area contributed by atoms with Gasteiger partial charge in [-0.3, -0.25) is 19.2 Å². The molecule has 0 aliphatic carbocycles. The third kappa shape index (κ3) is 4.56. The predicted octanol–water partition coefficient (Wildman–Crippen LogP) is 1.28. The number of sulfonamides is 2. The van der Waals surface area contributed by atoms with Crippen molar-refractivity contribution in [2.75, 3.05) is 42.8 Å². The summed E-state index contributed by atoms with van der Waals surface area (Å²) >= 11 is 0.